The van der Waals surface area contributed by atoms with E-state index in [1.807, 2.05) is 24.3 Å². The minimum atomic E-state index is -0.320. The van der Waals surface area contributed by atoms with E-state index in [0.717, 1.165) is 24.2 Å². The zero-order valence-electron chi connectivity index (χ0n) is 14.5. The largest absolute Gasteiger partial charge is 0.497 e. The van der Waals surface area contributed by atoms with E-state index in [2.05, 4.69) is 0 Å². The van der Waals surface area contributed by atoms with Crippen LogP contribution in [0.2, 0.25) is 0 Å². The Balaban J connectivity index is 2.01. The molecule has 0 aliphatic heterocycles. The van der Waals surface area contributed by atoms with Gasteiger partial charge in [-0.2, -0.15) is 0 Å². The van der Waals surface area contributed by atoms with Crippen molar-refractivity contribution in [3.63, 3.8) is 0 Å². The van der Waals surface area contributed by atoms with Gasteiger partial charge in [0, 0.05) is 18.7 Å². The Hall–Kier alpha value is -2.30. The first-order valence-electron chi connectivity index (χ1n) is 8.34. The fourth-order valence-electron chi connectivity index (χ4n) is 2.47. The number of hydrogen-bond donors (Lipinski definition) is 0. The first-order chi connectivity index (χ1) is 11.5. The number of rotatable bonds is 8. The zero-order chi connectivity index (χ0) is 17.5. The van der Waals surface area contributed by atoms with Gasteiger partial charge in [0.15, 0.2) is 0 Å². The summed E-state index contributed by atoms with van der Waals surface area (Å²) in [5.41, 5.74) is 0.900. The molecule has 1 atom stereocenters. The second kappa shape index (κ2) is 8.52. The maximum absolute atomic E-state index is 12.5. The molecule has 1 aromatic rings. The molecule has 2 rings (SSSR count). The highest BCUT2D eigenvalue weighted by molar-refractivity contribution is 5.92. The normalized spacial score (nSPS) is 15.1. The van der Waals surface area contributed by atoms with E-state index < -0.39 is 0 Å². The number of benzene rings is 1. The molecule has 1 unspecified atom stereocenters. The van der Waals surface area contributed by atoms with Gasteiger partial charge >= 0.3 is 5.97 Å². The third-order valence-corrected chi connectivity index (χ3v) is 3.94. The van der Waals surface area contributed by atoms with Gasteiger partial charge in [-0.1, -0.05) is 19.1 Å². The number of methoxy groups -OCH3 is 1. The summed E-state index contributed by atoms with van der Waals surface area (Å²) in [7, 11) is 1.61. The van der Waals surface area contributed by atoms with Crippen LogP contribution >= 0.6 is 0 Å². The van der Waals surface area contributed by atoms with Gasteiger partial charge in [0.1, 0.15) is 5.75 Å². The predicted octanol–water partition coefficient (Wildman–Crippen LogP) is 2.90. The number of nitrogens with zero attached hydrogens (tertiary/aromatic N) is 1. The molecule has 1 fully saturated rings. The Kier molecular flexibility index (Phi) is 6.41. The van der Waals surface area contributed by atoms with Gasteiger partial charge in [0.2, 0.25) is 5.91 Å². The van der Waals surface area contributed by atoms with Crippen molar-refractivity contribution in [2.75, 3.05) is 20.3 Å². The van der Waals surface area contributed by atoms with Crippen molar-refractivity contribution in [3.8, 4) is 5.75 Å². The van der Waals surface area contributed by atoms with Crippen LogP contribution in [0.3, 0.4) is 0 Å². The molecule has 1 aromatic carbocycles. The molecule has 0 bridgehead atoms. The highest BCUT2D eigenvalue weighted by Gasteiger charge is 2.33. The summed E-state index contributed by atoms with van der Waals surface area (Å²) in [5, 5.41) is 0. The maximum Gasteiger partial charge on any atom is 0.310 e. The van der Waals surface area contributed by atoms with Crippen LogP contribution in [0.15, 0.2) is 30.3 Å². The van der Waals surface area contributed by atoms with Crippen LogP contribution in [0.1, 0.15) is 32.3 Å². The molecular weight excluding hydrogens is 306 g/mol. The molecular formula is C19H25NO4. The van der Waals surface area contributed by atoms with Crippen molar-refractivity contribution in [3.05, 3.63) is 35.9 Å². The summed E-state index contributed by atoms with van der Waals surface area (Å²) in [6.45, 7) is 4.33. The molecule has 1 aliphatic rings. The number of amides is 1. The molecule has 130 valence electrons. The average molecular weight is 331 g/mol. The van der Waals surface area contributed by atoms with E-state index >= 15 is 0 Å². The van der Waals surface area contributed by atoms with Gasteiger partial charge in [-0.25, -0.2) is 0 Å². The summed E-state index contributed by atoms with van der Waals surface area (Å²) >= 11 is 0. The van der Waals surface area contributed by atoms with Crippen LogP contribution in [0, 0.1) is 5.92 Å². The third-order valence-electron chi connectivity index (χ3n) is 3.94. The van der Waals surface area contributed by atoms with Gasteiger partial charge in [-0.3, -0.25) is 9.59 Å². The van der Waals surface area contributed by atoms with Gasteiger partial charge in [0.05, 0.1) is 19.6 Å². The molecule has 24 heavy (non-hydrogen) atoms. The number of carbonyl (C=O) groups is 2. The van der Waals surface area contributed by atoms with E-state index in [0.29, 0.717) is 13.2 Å². The van der Waals surface area contributed by atoms with Gasteiger partial charge < -0.3 is 14.4 Å². The lowest BCUT2D eigenvalue weighted by atomic mass is 10.1. The second-order valence-electron chi connectivity index (χ2n) is 5.98. The predicted molar refractivity (Wildman–Crippen MR) is 92.6 cm³/mol. The molecule has 0 aromatic heterocycles. The van der Waals surface area contributed by atoms with Gasteiger partial charge in [-0.15, -0.1) is 0 Å². The van der Waals surface area contributed by atoms with Crippen molar-refractivity contribution in [1.82, 2.24) is 4.90 Å². The summed E-state index contributed by atoms with van der Waals surface area (Å²) in [6, 6.07) is 7.76. The van der Waals surface area contributed by atoms with Crippen LogP contribution in [-0.2, 0) is 14.3 Å². The Morgan fingerprint density at radius 1 is 1.38 bits per heavy atom. The fraction of sp³-hybridized carbons (Fsp3) is 0.474. The van der Waals surface area contributed by atoms with E-state index in [4.69, 9.17) is 9.47 Å². The van der Waals surface area contributed by atoms with Crippen molar-refractivity contribution in [2.45, 2.75) is 32.7 Å². The summed E-state index contributed by atoms with van der Waals surface area (Å²) in [4.78, 5) is 26.1. The van der Waals surface area contributed by atoms with Crippen LogP contribution < -0.4 is 4.74 Å². The minimum Gasteiger partial charge on any atom is -0.497 e. The number of carbonyl (C=O) groups excluding carboxylic acids is 2. The lowest BCUT2D eigenvalue weighted by Gasteiger charge is -2.23. The van der Waals surface area contributed by atoms with Crippen molar-refractivity contribution < 1.29 is 19.1 Å². The zero-order valence-corrected chi connectivity index (χ0v) is 14.5. The molecule has 1 saturated carbocycles. The van der Waals surface area contributed by atoms with E-state index in [1.165, 1.54) is 0 Å². The molecule has 0 N–H and O–H groups in total. The van der Waals surface area contributed by atoms with Crippen molar-refractivity contribution in [1.29, 1.82) is 0 Å². The smallest absolute Gasteiger partial charge is 0.310 e. The van der Waals surface area contributed by atoms with Crippen LogP contribution in [0.5, 0.6) is 5.75 Å². The van der Waals surface area contributed by atoms with E-state index in [-0.39, 0.29) is 23.8 Å². The number of hydrogen-bond acceptors (Lipinski definition) is 4. The number of ether oxygens (including phenoxy) is 2. The Morgan fingerprint density at radius 2 is 2.12 bits per heavy atom. The molecule has 1 aliphatic carbocycles. The first kappa shape index (κ1) is 18.0. The van der Waals surface area contributed by atoms with Crippen LogP contribution in [0.4, 0.5) is 0 Å². The van der Waals surface area contributed by atoms with Crippen molar-refractivity contribution >= 4 is 18.0 Å². The molecule has 5 nitrogen and oxygen atoms in total. The highest BCUT2D eigenvalue weighted by atomic mass is 16.5. The molecule has 0 radical (unpaired) electrons. The fourth-order valence-corrected chi connectivity index (χ4v) is 2.47. The Morgan fingerprint density at radius 3 is 2.75 bits per heavy atom. The summed E-state index contributed by atoms with van der Waals surface area (Å²) < 4.78 is 10.2. The quantitative estimate of drug-likeness (QED) is 0.543. The van der Waals surface area contributed by atoms with E-state index in [1.54, 1.807) is 38.0 Å². The SMILES string of the molecule is CCOC(=O)C(C)CN(C(=O)/C=C/c1cccc(OC)c1)C1CC1. The van der Waals surface area contributed by atoms with Gasteiger partial charge in [-0.05, 0) is 43.5 Å². The summed E-state index contributed by atoms with van der Waals surface area (Å²) in [5.74, 6) is 0.100. The molecule has 0 heterocycles. The average Bonchev–Trinajstić information content (AvgIpc) is 3.42. The Labute approximate surface area is 143 Å². The third kappa shape index (κ3) is 5.11. The van der Waals surface area contributed by atoms with E-state index in [9.17, 15) is 9.59 Å². The second-order valence-corrected chi connectivity index (χ2v) is 5.98. The highest BCUT2D eigenvalue weighted by Crippen LogP contribution is 2.28. The number of esters is 1. The first-order valence-corrected chi connectivity index (χ1v) is 8.34. The lowest BCUT2D eigenvalue weighted by Crippen LogP contribution is -2.38. The minimum absolute atomic E-state index is 0.0727. The molecule has 1 amide bonds. The van der Waals surface area contributed by atoms with Crippen LogP contribution in [0.25, 0.3) is 6.08 Å². The Bertz CT molecular complexity index is 607. The lowest BCUT2D eigenvalue weighted by molar-refractivity contribution is -0.148. The molecule has 5 heteroatoms. The maximum atomic E-state index is 12.5. The molecule has 0 spiro atoms. The monoisotopic (exact) mass is 331 g/mol. The molecule has 0 saturated heterocycles. The van der Waals surface area contributed by atoms with Crippen LogP contribution in [-0.4, -0.2) is 43.1 Å². The van der Waals surface area contributed by atoms with Gasteiger partial charge in [0.25, 0.3) is 0 Å². The van der Waals surface area contributed by atoms with Crippen molar-refractivity contribution in [2.24, 2.45) is 5.92 Å². The topological polar surface area (TPSA) is 55.8 Å². The summed E-state index contributed by atoms with van der Waals surface area (Å²) in [6.07, 6.45) is 5.32. The standard InChI is InChI=1S/C19H25NO4/c1-4-24-19(22)14(2)13-20(16-9-10-16)18(21)11-8-15-6-5-7-17(12-15)23-3/h5-8,11-12,14,16H,4,9-10,13H2,1-3H3/b11-8+.